The van der Waals surface area contributed by atoms with Crippen LogP contribution in [0.5, 0.6) is 0 Å². The first-order chi connectivity index (χ1) is 16.8. The summed E-state index contributed by atoms with van der Waals surface area (Å²) in [7, 11) is -3.82. The molecular formula is C25H29Cl2N3O4S. The Morgan fingerprint density at radius 2 is 1.80 bits per heavy atom. The van der Waals surface area contributed by atoms with Crippen LogP contribution in [0, 0.1) is 0 Å². The highest BCUT2D eigenvalue weighted by molar-refractivity contribution is 7.89. The van der Waals surface area contributed by atoms with Gasteiger partial charge < -0.3 is 9.64 Å². The molecule has 3 heterocycles. The quantitative estimate of drug-likeness (QED) is 0.607. The molecule has 188 valence electrons. The summed E-state index contributed by atoms with van der Waals surface area (Å²) < 4.78 is 34.0. The van der Waals surface area contributed by atoms with Crippen LogP contribution >= 0.6 is 23.2 Å². The van der Waals surface area contributed by atoms with Gasteiger partial charge in [0.05, 0.1) is 27.9 Å². The fraction of sp³-hybridized carbons (Fsp3) is 0.480. The zero-order chi connectivity index (χ0) is 24.6. The molecule has 5 rings (SSSR count). The van der Waals surface area contributed by atoms with Crippen LogP contribution in [0.2, 0.25) is 10.0 Å². The van der Waals surface area contributed by atoms with E-state index in [0.717, 1.165) is 18.4 Å². The van der Waals surface area contributed by atoms with Gasteiger partial charge in [0.15, 0.2) is 0 Å². The van der Waals surface area contributed by atoms with E-state index in [0.29, 0.717) is 32.4 Å². The molecule has 0 aromatic heterocycles. The number of halogens is 2. The van der Waals surface area contributed by atoms with E-state index in [1.807, 2.05) is 35.2 Å². The molecule has 0 aliphatic carbocycles. The molecule has 0 radical (unpaired) electrons. The largest absolute Gasteiger partial charge is 0.376 e. The smallest absolute Gasteiger partial charge is 0.244 e. The summed E-state index contributed by atoms with van der Waals surface area (Å²) in [6, 6.07) is 14.2. The summed E-state index contributed by atoms with van der Waals surface area (Å²) in [5, 5.41) is 3.85. The molecule has 2 aromatic carbocycles. The highest BCUT2D eigenvalue weighted by atomic mass is 35.5. The monoisotopic (exact) mass is 537 g/mol. The van der Waals surface area contributed by atoms with E-state index < -0.39 is 15.7 Å². The van der Waals surface area contributed by atoms with E-state index in [2.05, 4.69) is 5.32 Å². The lowest BCUT2D eigenvalue weighted by atomic mass is 9.96. The van der Waals surface area contributed by atoms with Crippen molar-refractivity contribution in [2.75, 3.05) is 26.2 Å². The van der Waals surface area contributed by atoms with Crippen molar-refractivity contribution in [3.63, 3.8) is 0 Å². The maximum absolute atomic E-state index is 13.6. The van der Waals surface area contributed by atoms with Gasteiger partial charge in [-0.2, -0.15) is 4.31 Å². The van der Waals surface area contributed by atoms with Crippen molar-refractivity contribution in [1.82, 2.24) is 14.5 Å². The van der Waals surface area contributed by atoms with Gasteiger partial charge in [-0.3, -0.25) is 10.1 Å². The van der Waals surface area contributed by atoms with Gasteiger partial charge in [0, 0.05) is 26.2 Å². The molecule has 3 saturated heterocycles. The first kappa shape index (κ1) is 25.0. The standard InChI is InChI=1S/C25H29Cl2N3O4S/c26-20-9-4-10-22(23(20)27)35(32,33)29-13-11-25(12-14-29)28-21(16-18-6-2-1-3-7-18)24(31)30(25)17-19-8-5-15-34-19/h1-4,6-7,9-10,19,21,28H,5,8,11-17H2. The van der Waals surface area contributed by atoms with Gasteiger partial charge in [-0.15, -0.1) is 0 Å². The van der Waals surface area contributed by atoms with Gasteiger partial charge in [-0.1, -0.05) is 59.6 Å². The van der Waals surface area contributed by atoms with Crippen molar-refractivity contribution < 1.29 is 17.9 Å². The molecule has 2 aromatic rings. The summed E-state index contributed by atoms with van der Waals surface area (Å²) in [4.78, 5) is 15.5. The number of hydrogen-bond acceptors (Lipinski definition) is 5. The van der Waals surface area contributed by atoms with E-state index in [1.54, 1.807) is 12.1 Å². The third kappa shape index (κ3) is 4.84. The number of carbonyl (C=O) groups excluding carboxylic acids is 1. The summed E-state index contributed by atoms with van der Waals surface area (Å²) in [6.07, 6.45) is 3.48. The second-order valence-electron chi connectivity index (χ2n) is 9.46. The summed E-state index contributed by atoms with van der Waals surface area (Å²) in [5.41, 5.74) is 0.482. The zero-order valence-electron chi connectivity index (χ0n) is 19.3. The number of carbonyl (C=O) groups is 1. The average Bonchev–Trinajstić information content (AvgIpc) is 3.45. The molecule has 10 heteroatoms. The molecule has 0 bridgehead atoms. The first-order valence-electron chi connectivity index (χ1n) is 12.0. The maximum atomic E-state index is 13.6. The van der Waals surface area contributed by atoms with Gasteiger partial charge in [-0.25, -0.2) is 8.42 Å². The van der Waals surface area contributed by atoms with E-state index in [9.17, 15) is 13.2 Å². The molecule has 2 atom stereocenters. The van der Waals surface area contributed by atoms with Crippen LogP contribution in [0.3, 0.4) is 0 Å². The van der Waals surface area contributed by atoms with E-state index >= 15 is 0 Å². The number of amides is 1. The zero-order valence-corrected chi connectivity index (χ0v) is 21.7. The van der Waals surface area contributed by atoms with Gasteiger partial charge in [0.2, 0.25) is 15.9 Å². The minimum atomic E-state index is -3.82. The predicted molar refractivity (Wildman–Crippen MR) is 135 cm³/mol. The number of sulfonamides is 1. The highest BCUT2D eigenvalue weighted by Crippen LogP contribution is 2.37. The second-order valence-corrected chi connectivity index (χ2v) is 12.1. The Morgan fingerprint density at radius 3 is 2.49 bits per heavy atom. The van der Waals surface area contributed by atoms with E-state index in [-0.39, 0.29) is 46.1 Å². The average molecular weight is 538 g/mol. The lowest BCUT2D eigenvalue weighted by Gasteiger charge is -2.44. The van der Waals surface area contributed by atoms with E-state index in [1.165, 1.54) is 10.4 Å². The Hall–Kier alpha value is -1.68. The topological polar surface area (TPSA) is 79.0 Å². The third-order valence-corrected chi connectivity index (χ3v) is 10.2. The number of benzene rings is 2. The Morgan fingerprint density at radius 1 is 1.06 bits per heavy atom. The van der Waals surface area contributed by atoms with Crippen molar-refractivity contribution >= 4 is 39.1 Å². The molecule has 1 N–H and O–H groups in total. The minimum absolute atomic E-state index is 0.0104. The molecular weight excluding hydrogens is 509 g/mol. The fourth-order valence-electron chi connectivity index (χ4n) is 5.44. The molecule has 0 saturated carbocycles. The number of nitrogens with zero attached hydrogens (tertiary/aromatic N) is 2. The van der Waals surface area contributed by atoms with Gasteiger partial charge >= 0.3 is 0 Å². The SMILES string of the molecule is O=C1C(Cc2ccccc2)NC2(CCN(S(=O)(=O)c3cccc(Cl)c3Cl)CC2)N1CC1CCCO1. The molecule has 35 heavy (non-hydrogen) atoms. The molecule has 7 nitrogen and oxygen atoms in total. The number of rotatable bonds is 6. The Kier molecular flexibility index (Phi) is 7.14. The normalized spacial score (nSPS) is 25.0. The second kappa shape index (κ2) is 10.00. The minimum Gasteiger partial charge on any atom is -0.376 e. The predicted octanol–water partition coefficient (Wildman–Crippen LogP) is 3.70. The number of piperidine rings is 1. The molecule has 3 fully saturated rings. The van der Waals surface area contributed by atoms with Gasteiger partial charge in [0.1, 0.15) is 4.90 Å². The Bertz CT molecular complexity index is 1180. The van der Waals surface area contributed by atoms with Crippen LogP contribution in [0.4, 0.5) is 0 Å². The fourth-order valence-corrected chi connectivity index (χ4v) is 7.62. The maximum Gasteiger partial charge on any atom is 0.244 e. The molecule has 2 unspecified atom stereocenters. The van der Waals surface area contributed by atoms with Crippen molar-refractivity contribution in [3.8, 4) is 0 Å². The lowest BCUT2D eigenvalue weighted by Crippen LogP contribution is -2.60. The molecule has 1 spiro atoms. The number of ether oxygens (including phenoxy) is 1. The third-order valence-electron chi connectivity index (χ3n) is 7.30. The summed E-state index contributed by atoms with van der Waals surface area (Å²) in [6.45, 7) is 1.77. The van der Waals surface area contributed by atoms with E-state index in [4.69, 9.17) is 27.9 Å². The molecule has 3 aliphatic heterocycles. The molecule has 3 aliphatic rings. The Balaban J connectivity index is 1.37. The van der Waals surface area contributed by atoms with Crippen LogP contribution in [0.1, 0.15) is 31.2 Å². The van der Waals surface area contributed by atoms with Crippen molar-refractivity contribution in [3.05, 3.63) is 64.1 Å². The molecule has 1 amide bonds. The van der Waals surface area contributed by atoms with Crippen molar-refractivity contribution in [1.29, 1.82) is 0 Å². The van der Waals surface area contributed by atoms with Gasteiger partial charge in [-0.05, 0) is 49.8 Å². The summed E-state index contributed by atoms with van der Waals surface area (Å²) in [5.74, 6) is 0.0542. The van der Waals surface area contributed by atoms with Crippen molar-refractivity contribution in [2.24, 2.45) is 0 Å². The van der Waals surface area contributed by atoms with Crippen LogP contribution in [-0.4, -0.2) is 67.6 Å². The first-order valence-corrected chi connectivity index (χ1v) is 14.2. The highest BCUT2D eigenvalue weighted by Gasteiger charge is 2.53. The lowest BCUT2D eigenvalue weighted by molar-refractivity contribution is -0.135. The Labute approximate surface area is 216 Å². The van der Waals surface area contributed by atoms with Crippen molar-refractivity contribution in [2.45, 2.75) is 54.8 Å². The number of nitrogens with one attached hydrogen (secondary N) is 1. The van der Waals surface area contributed by atoms with Gasteiger partial charge in [0.25, 0.3) is 0 Å². The van der Waals surface area contributed by atoms with Crippen LogP contribution in [-0.2, 0) is 26.0 Å². The van der Waals surface area contributed by atoms with Crippen LogP contribution < -0.4 is 5.32 Å². The van der Waals surface area contributed by atoms with Crippen LogP contribution in [0.15, 0.2) is 53.4 Å². The van der Waals surface area contributed by atoms with Crippen LogP contribution in [0.25, 0.3) is 0 Å². The summed E-state index contributed by atoms with van der Waals surface area (Å²) >= 11 is 12.3. The number of hydrogen-bond donors (Lipinski definition) is 1.